The highest BCUT2D eigenvalue weighted by Crippen LogP contribution is 2.14. The van der Waals surface area contributed by atoms with Crippen LogP contribution in [0.1, 0.15) is 5.56 Å². The quantitative estimate of drug-likeness (QED) is 0.755. The number of hydrogen-bond acceptors (Lipinski definition) is 3. The predicted molar refractivity (Wildman–Crippen MR) is 92.1 cm³/mol. The number of nitrogens with one attached hydrogen (secondary N) is 2. The summed E-state index contributed by atoms with van der Waals surface area (Å²) in [5.74, 6) is -0.446. The summed E-state index contributed by atoms with van der Waals surface area (Å²) in [6.07, 6.45) is 0. The van der Waals surface area contributed by atoms with Gasteiger partial charge >= 0.3 is 5.69 Å². The lowest BCUT2D eigenvalue weighted by Gasteiger charge is -2.08. The lowest BCUT2D eigenvalue weighted by Crippen LogP contribution is -2.40. The van der Waals surface area contributed by atoms with E-state index in [1.54, 1.807) is 42.5 Å². The Morgan fingerprint density at radius 2 is 1.79 bits per heavy atom. The van der Waals surface area contributed by atoms with Crippen molar-refractivity contribution in [2.75, 3.05) is 0 Å². The van der Waals surface area contributed by atoms with Gasteiger partial charge in [0, 0.05) is 11.6 Å². The summed E-state index contributed by atoms with van der Waals surface area (Å²) in [7, 11) is 0. The minimum atomic E-state index is -0.619. The van der Waals surface area contributed by atoms with Gasteiger partial charge < -0.3 is 10.3 Å². The van der Waals surface area contributed by atoms with Gasteiger partial charge in [-0.3, -0.25) is 14.2 Å². The molecule has 0 spiro atoms. The monoisotopic (exact) mass is 343 g/mol. The smallest absolute Gasteiger partial charge is 0.329 e. The van der Waals surface area contributed by atoms with Gasteiger partial charge in [0.2, 0.25) is 5.91 Å². The summed E-state index contributed by atoms with van der Waals surface area (Å²) in [5, 5.41) is 3.55. The van der Waals surface area contributed by atoms with Crippen LogP contribution >= 0.6 is 11.6 Å². The lowest BCUT2D eigenvalue weighted by molar-refractivity contribution is -0.121. The number of halogens is 1. The Morgan fingerprint density at radius 3 is 2.58 bits per heavy atom. The summed E-state index contributed by atoms with van der Waals surface area (Å²) >= 11 is 6.02. The molecule has 24 heavy (non-hydrogen) atoms. The Balaban J connectivity index is 1.80. The molecule has 3 aromatic rings. The van der Waals surface area contributed by atoms with Crippen LogP contribution in [0.2, 0.25) is 5.02 Å². The summed E-state index contributed by atoms with van der Waals surface area (Å²) in [6.45, 7) is -0.137. The van der Waals surface area contributed by atoms with E-state index in [2.05, 4.69) is 10.3 Å². The third-order valence-corrected chi connectivity index (χ3v) is 3.99. The van der Waals surface area contributed by atoms with Gasteiger partial charge in [-0.2, -0.15) is 0 Å². The van der Waals surface area contributed by atoms with Crippen molar-refractivity contribution in [2.24, 2.45) is 0 Å². The Morgan fingerprint density at radius 1 is 1.08 bits per heavy atom. The number of rotatable bonds is 4. The fraction of sp³-hybridized carbons (Fsp3) is 0.118. The van der Waals surface area contributed by atoms with E-state index in [1.807, 2.05) is 6.07 Å². The van der Waals surface area contributed by atoms with Crippen LogP contribution in [0.4, 0.5) is 0 Å². The zero-order chi connectivity index (χ0) is 17.1. The van der Waals surface area contributed by atoms with Gasteiger partial charge in [0.15, 0.2) is 0 Å². The molecule has 7 heteroatoms. The van der Waals surface area contributed by atoms with Crippen LogP contribution in [0.5, 0.6) is 0 Å². The van der Waals surface area contributed by atoms with Crippen molar-refractivity contribution in [3.8, 4) is 0 Å². The van der Waals surface area contributed by atoms with Crippen molar-refractivity contribution in [1.29, 1.82) is 0 Å². The minimum Gasteiger partial charge on any atom is -0.350 e. The van der Waals surface area contributed by atoms with Crippen molar-refractivity contribution in [1.82, 2.24) is 14.9 Å². The third kappa shape index (κ3) is 3.23. The molecule has 0 radical (unpaired) electrons. The zero-order valence-electron chi connectivity index (χ0n) is 12.6. The van der Waals surface area contributed by atoms with Crippen LogP contribution in [-0.2, 0) is 17.9 Å². The normalized spacial score (nSPS) is 10.7. The number of para-hydroxylation sites is 1. The first kappa shape index (κ1) is 16.0. The molecule has 0 atom stereocenters. The van der Waals surface area contributed by atoms with Crippen molar-refractivity contribution >= 4 is 28.4 Å². The zero-order valence-corrected chi connectivity index (χ0v) is 13.3. The van der Waals surface area contributed by atoms with Crippen molar-refractivity contribution in [2.45, 2.75) is 13.1 Å². The van der Waals surface area contributed by atoms with Crippen LogP contribution in [0.25, 0.3) is 10.9 Å². The maximum absolute atomic E-state index is 12.4. The number of benzene rings is 2. The van der Waals surface area contributed by atoms with Crippen molar-refractivity contribution in [3.05, 3.63) is 80.0 Å². The maximum atomic E-state index is 12.4. The van der Waals surface area contributed by atoms with E-state index in [0.717, 1.165) is 10.1 Å². The highest BCUT2D eigenvalue weighted by atomic mass is 35.5. The number of carbonyl (C=O) groups is 1. The van der Waals surface area contributed by atoms with E-state index < -0.39 is 17.2 Å². The Bertz CT molecular complexity index is 1020. The third-order valence-electron chi connectivity index (χ3n) is 3.62. The first-order valence-corrected chi connectivity index (χ1v) is 7.66. The van der Waals surface area contributed by atoms with Gasteiger partial charge in [-0.15, -0.1) is 0 Å². The molecule has 0 bridgehead atoms. The van der Waals surface area contributed by atoms with Gasteiger partial charge in [0.25, 0.3) is 5.56 Å². The molecular weight excluding hydrogens is 330 g/mol. The van der Waals surface area contributed by atoms with Crippen LogP contribution < -0.4 is 16.6 Å². The van der Waals surface area contributed by atoms with E-state index in [1.165, 1.54) is 0 Å². The molecule has 0 saturated heterocycles. The first-order valence-electron chi connectivity index (χ1n) is 7.28. The van der Waals surface area contributed by atoms with Crippen molar-refractivity contribution < 1.29 is 4.79 Å². The second-order valence-electron chi connectivity index (χ2n) is 5.24. The highest BCUT2D eigenvalue weighted by molar-refractivity contribution is 6.31. The first-order chi connectivity index (χ1) is 11.6. The number of carbonyl (C=O) groups excluding carboxylic acids is 1. The second kappa shape index (κ2) is 6.72. The molecule has 0 saturated carbocycles. The largest absolute Gasteiger partial charge is 0.350 e. The minimum absolute atomic E-state index is 0.221. The average Bonchev–Trinajstić information content (AvgIpc) is 2.58. The number of fused-ring (bicyclic) bond motifs is 1. The molecule has 0 aliphatic heterocycles. The standard InChI is InChI=1S/C17H14ClN3O3/c18-13-7-3-1-5-11(13)9-19-15(22)10-21-16(23)12-6-2-4-8-14(12)20-17(21)24/h1-8H,9-10H2,(H,19,22)(H,20,24). The number of amides is 1. The van der Waals surface area contributed by atoms with E-state index in [4.69, 9.17) is 11.6 Å². The molecular formula is C17H14ClN3O3. The van der Waals surface area contributed by atoms with Crippen molar-refractivity contribution in [3.63, 3.8) is 0 Å². The molecule has 2 N–H and O–H groups in total. The van der Waals surface area contributed by atoms with E-state index in [0.29, 0.717) is 15.9 Å². The maximum Gasteiger partial charge on any atom is 0.329 e. The number of aromatic nitrogens is 2. The SMILES string of the molecule is O=C(Cn1c(=O)[nH]c2ccccc2c1=O)NCc1ccccc1Cl. The van der Waals surface area contributed by atoms with Gasteiger partial charge in [-0.25, -0.2) is 4.79 Å². The van der Waals surface area contributed by atoms with Gasteiger partial charge in [0.1, 0.15) is 6.54 Å². The lowest BCUT2D eigenvalue weighted by atomic mass is 10.2. The molecule has 6 nitrogen and oxygen atoms in total. The number of nitrogens with zero attached hydrogens (tertiary/aromatic N) is 1. The Kier molecular flexibility index (Phi) is 4.48. The molecule has 1 aromatic heterocycles. The molecule has 0 aliphatic rings. The summed E-state index contributed by atoms with van der Waals surface area (Å²) in [6, 6.07) is 13.8. The van der Waals surface area contributed by atoms with Gasteiger partial charge in [0.05, 0.1) is 10.9 Å². The van der Waals surface area contributed by atoms with E-state index in [9.17, 15) is 14.4 Å². The average molecular weight is 344 g/mol. The summed E-state index contributed by atoms with van der Waals surface area (Å²) in [4.78, 5) is 39.0. The molecule has 2 aromatic carbocycles. The molecule has 3 rings (SSSR count). The predicted octanol–water partition coefficient (Wildman–Crippen LogP) is 1.66. The Labute approximate surface area is 141 Å². The molecule has 0 aliphatic carbocycles. The van der Waals surface area contributed by atoms with E-state index >= 15 is 0 Å². The van der Waals surface area contributed by atoms with E-state index in [-0.39, 0.29) is 13.1 Å². The summed E-state index contributed by atoms with van der Waals surface area (Å²) < 4.78 is 0.879. The topological polar surface area (TPSA) is 84.0 Å². The summed E-state index contributed by atoms with van der Waals surface area (Å²) in [5.41, 5.74) is 0.0846. The van der Waals surface area contributed by atoms with Crippen LogP contribution in [0.15, 0.2) is 58.1 Å². The molecule has 1 amide bonds. The molecule has 0 fully saturated rings. The second-order valence-corrected chi connectivity index (χ2v) is 5.64. The van der Waals surface area contributed by atoms with Crippen LogP contribution in [0.3, 0.4) is 0 Å². The number of hydrogen-bond donors (Lipinski definition) is 2. The molecule has 1 heterocycles. The number of aromatic amines is 1. The van der Waals surface area contributed by atoms with Gasteiger partial charge in [-0.05, 0) is 23.8 Å². The van der Waals surface area contributed by atoms with Crippen LogP contribution in [0, 0.1) is 0 Å². The fourth-order valence-corrected chi connectivity index (χ4v) is 2.58. The molecule has 122 valence electrons. The van der Waals surface area contributed by atoms with Crippen LogP contribution in [-0.4, -0.2) is 15.5 Å². The molecule has 0 unspecified atom stereocenters. The highest BCUT2D eigenvalue weighted by Gasteiger charge is 2.11. The number of H-pyrrole nitrogens is 1. The fourth-order valence-electron chi connectivity index (χ4n) is 2.38. The van der Waals surface area contributed by atoms with Gasteiger partial charge in [-0.1, -0.05) is 41.9 Å². The Hall–Kier alpha value is -2.86.